The van der Waals surface area contributed by atoms with Crippen LogP contribution in [-0.4, -0.2) is 27.2 Å². The minimum Gasteiger partial charge on any atom is -0.352 e. The van der Waals surface area contributed by atoms with Gasteiger partial charge in [0.2, 0.25) is 0 Å². The highest BCUT2D eigenvalue weighted by Crippen LogP contribution is 2.23. The van der Waals surface area contributed by atoms with E-state index in [4.69, 9.17) is 11.6 Å². The Morgan fingerprint density at radius 3 is 2.52 bits per heavy atom. The number of para-hydroxylation sites is 1. The van der Waals surface area contributed by atoms with Crippen molar-refractivity contribution in [3.05, 3.63) is 101 Å². The smallest absolute Gasteiger partial charge is 0.255 e. The van der Waals surface area contributed by atoms with Crippen LogP contribution < -0.4 is 5.32 Å². The number of aromatic nitrogens is 3. The Balaban J connectivity index is 1.56. The molecule has 4 rings (SSSR count). The van der Waals surface area contributed by atoms with Crippen LogP contribution in [0.25, 0.3) is 16.9 Å². The SMILES string of the molecule is O=C(NCCc1ccc(Cl)cc1)c1cn(-c2ccccc2)nc1-c1cccnc1. The van der Waals surface area contributed by atoms with Crippen molar-refractivity contribution in [2.75, 3.05) is 6.54 Å². The molecule has 2 heterocycles. The van der Waals surface area contributed by atoms with Gasteiger partial charge in [-0.15, -0.1) is 0 Å². The Bertz CT molecular complexity index is 1090. The monoisotopic (exact) mass is 402 g/mol. The molecule has 6 heteroatoms. The molecular weight excluding hydrogens is 384 g/mol. The lowest BCUT2D eigenvalue weighted by atomic mass is 10.1. The second-order valence-electron chi connectivity index (χ2n) is 6.55. The second kappa shape index (κ2) is 8.71. The van der Waals surface area contributed by atoms with Crippen LogP contribution >= 0.6 is 11.6 Å². The van der Waals surface area contributed by atoms with Gasteiger partial charge >= 0.3 is 0 Å². The van der Waals surface area contributed by atoms with Crippen LogP contribution in [0.3, 0.4) is 0 Å². The third-order valence-electron chi connectivity index (χ3n) is 4.53. The van der Waals surface area contributed by atoms with E-state index in [1.807, 2.05) is 66.7 Å². The molecule has 0 saturated heterocycles. The second-order valence-corrected chi connectivity index (χ2v) is 6.98. The highest BCUT2D eigenvalue weighted by molar-refractivity contribution is 6.30. The number of nitrogens with one attached hydrogen (secondary N) is 1. The van der Waals surface area contributed by atoms with E-state index in [1.165, 1.54) is 0 Å². The molecule has 29 heavy (non-hydrogen) atoms. The summed E-state index contributed by atoms with van der Waals surface area (Å²) in [5.74, 6) is -0.167. The molecule has 0 saturated carbocycles. The van der Waals surface area contributed by atoms with Crippen molar-refractivity contribution in [2.45, 2.75) is 6.42 Å². The van der Waals surface area contributed by atoms with Crippen LogP contribution in [0.2, 0.25) is 5.02 Å². The first-order valence-electron chi connectivity index (χ1n) is 9.29. The molecule has 1 amide bonds. The average Bonchev–Trinajstić information content (AvgIpc) is 3.22. The number of benzene rings is 2. The van der Waals surface area contributed by atoms with Crippen molar-refractivity contribution in [2.24, 2.45) is 0 Å². The highest BCUT2D eigenvalue weighted by Gasteiger charge is 2.18. The predicted octanol–water partition coefficient (Wildman–Crippen LogP) is 4.56. The van der Waals surface area contributed by atoms with Gasteiger partial charge in [-0.2, -0.15) is 5.10 Å². The Labute approximate surface area is 174 Å². The van der Waals surface area contributed by atoms with E-state index in [9.17, 15) is 4.79 Å². The molecule has 2 aromatic carbocycles. The molecule has 1 N–H and O–H groups in total. The number of carbonyl (C=O) groups excluding carboxylic acids is 1. The van der Waals surface area contributed by atoms with Crippen LogP contribution in [0.1, 0.15) is 15.9 Å². The summed E-state index contributed by atoms with van der Waals surface area (Å²) in [7, 11) is 0. The number of carbonyl (C=O) groups is 1. The van der Waals surface area contributed by atoms with E-state index in [0.29, 0.717) is 22.8 Å². The summed E-state index contributed by atoms with van der Waals surface area (Å²) < 4.78 is 1.72. The number of rotatable bonds is 6. The molecule has 5 nitrogen and oxygen atoms in total. The minimum absolute atomic E-state index is 0.167. The van der Waals surface area contributed by atoms with E-state index in [1.54, 1.807) is 23.3 Å². The first-order chi connectivity index (χ1) is 14.2. The van der Waals surface area contributed by atoms with Gasteiger partial charge in [0, 0.05) is 35.7 Å². The topological polar surface area (TPSA) is 59.8 Å². The minimum atomic E-state index is -0.167. The normalized spacial score (nSPS) is 10.7. The van der Waals surface area contributed by atoms with Gasteiger partial charge < -0.3 is 5.32 Å². The molecule has 0 spiro atoms. The van der Waals surface area contributed by atoms with Crippen LogP contribution in [0.15, 0.2) is 85.3 Å². The first-order valence-corrected chi connectivity index (χ1v) is 9.66. The molecular formula is C23H19ClN4O. The van der Waals surface area contributed by atoms with Crippen LogP contribution in [0.4, 0.5) is 0 Å². The third kappa shape index (κ3) is 4.52. The summed E-state index contributed by atoms with van der Waals surface area (Å²) in [6, 6.07) is 21.1. The van der Waals surface area contributed by atoms with Gasteiger partial charge in [0.25, 0.3) is 5.91 Å². The molecule has 0 aliphatic heterocycles. The number of hydrogen-bond donors (Lipinski definition) is 1. The molecule has 0 radical (unpaired) electrons. The van der Waals surface area contributed by atoms with Gasteiger partial charge in [-0.25, -0.2) is 4.68 Å². The fourth-order valence-corrected chi connectivity index (χ4v) is 3.16. The summed E-state index contributed by atoms with van der Waals surface area (Å²) in [6.07, 6.45) is 5.89. The summed E-state index contributed by atoms with van der Waals surface area (Å²) in [6.45, 7) is 0.517. The van der Waals surface area contributed by atoms with Crippen LogP contribution in [-0.2, 0) is 6.42 Å². The van der Waals surface area contributed by atoms with Crippen molar-refractivity contribution in [1.82, 2.24) is 20.1 Å². The zero-order valence-corrected chi connectivity index (χ0v) is 16.4. The lowest BCUT2D eigenvalue weighted by molar-refractivity contribution is 0.0955. The maximum Gasteiger partial charge on any atom is 0.255 e. The number of pyridine rings is 1. The van der Waals surface area contributed by atoms with Crippen molar-refractivity contribution in [3.8, 4) is 16.9 Å². The zero-order valence-electron chi connectivity index (χ0n) is 15.6. The predicted molar refractivity (Wildman–Crippen MR) is 114 cm³/mol. The van der Waals surface area contributed by atoms with Gasteiger partial charge in [-0.1, -0.05) is 41.9 Å². The van der Waals surface area contributed by atoms with Gasteiger partial charge in [0.05, 0.1) is 11.3 Å². The Morgan fingerprint density at radius 1 is 1.00 bits per heavy atom. The van der Waals surface area contributed by atoms with E-state index in [2.05, 4.69) is 15.4 Å². The van der Waals surface area contributed by atoms with Crippen LogP contribution in [0, 0.1) is 0 Å². The maximum absolute atomic E-state index is 12.9. The number of amides is 1. The van der Waals surface area contributed by atoms with Crippen molar-refractivity contribution in [1.29, 1.82) is 0 Å². The molecule has 2 aromatic heterocycles. The van der Waals surface area contributed by atoms with Gasteiger partial charge in [-0.3, -0.25) is 9.78 Å². The molecule has 0 unspecified atom stereocenters. The Morgan fingerprint density at radius 2 is 1.79 bits per heavy atom. The molecule has 0 fully saturated rings. The van der Waals surface area contributed by atoms with E-state index in [-0.39, 0.29) is 5.91 Å². The summed E-state index contributed by atoms with van der Waals surface area (Å²) in [4.78, 5) is 17.1. The molecule has 0 aliphatic carbocycles. The summed E-state index contributed by atoms with van der Waals surface area (Å²) in [5, 5.41) is 8.34. The molecule has 4 aromatic rings. The molecule has 144 valence electrons. The first kappa shape index (κ1) is 18.9. The van der Waals surface area contributed by atoms with Crippen molar-refractivity contribution < 1.29 is 4.79 Å². The van der Waals surface area contributed by atoms with Gasteiger partial charge in [-0.05, 0) is 48.4 Å². The van der Waals surface area contributed by atoms with Crippen molar-refractivity contribution >= 4 is 17.5 Å². The fraction of sp³-hybridized carbons (Fsp3) is 0.0870. The fourth-order valence-electron chi connectivity index (χ4n) is 3.04. The average molecular weight is 403 g/mol. The van der Waals surface area contributed by atoms with Crippen molar-refractivity contribution in [3.63, 3.8) is 0 Å². The number of halogens is 1. The summed E-state index contributed by atoms with van der Waals surface area (Å²) >= 11 is 5.92. The third-order valence-corrected chi connectivity index (χ3v) is 4.78. The van der Waals surface area contributed by atoms with Gasteiger partial charge in [0.15, 0.2) is 0 Å². The lowest BCUT2D eigenvalue weighted by Gasteiger charge is -2.06. The molecule has 0 atom stereocenters. The maximum atomic E-state index is 12.9. The largest absolute Gasteiger partial charge is 0.352 e. The van der Waals surface area contributed by atoms with E-state index in [0.717, 1.165) is 23.2 Å². The van der Waals surface area contributed by atoms with E-state index < -0.39 is 0 Å². The number of hydrogen-bond acceptors (Lipinski definition) is 3. The van der Waals surface area contributed by atoms with Gasteiger partial charge in [0.1, 0.15) is 5.69 Å². The summed E-state index contributed by atoms with van der Waals surface area (Å²) in [5.41, 5.74) is 3.91. The zero-order chi connectivity index (χ0) is 20.1. The highest BCUT2D eigenvalue weighted by atomic mass is 35.5. The molecule has 0 bridgehead atoms. The Kier molecular flexibility index (Phi) is 5.68. The quantitative estimate of drug-likeness (QED) is 0.514. The Hall–Kier alpha value is -3.44. The molecule has 0 aliphatic rings. The van der Waals surface area contributed by atoms with Crippen LogP contribution in [0.5, 0.6) is 0 Å². The lowest BCUT2D eigenvalue weighted by Crippen LogP contribution is -2.25. The number of nitrogens with zero attached hydrogens (tertiary/aromatic N) is 3. The standard InChI is InChI=1S/C23H19ClN4O/c24-19-10-8-17(9-11-19)12-14-26-23(29)21-16-28(20-6-2-1-3-7-20)27-22(21)18-5-4-13-25-15-18/h1-11,13,15-16H,12,14H2,(H,26,29). The van der Waals surface area contributed by atoms with E-state index >= 15 is 0 Å².